The molecule has 4 aromatic rings. The van der Waals surface area contributed by atoms with Crippen molar-refractivity contribution in [3.05, 3.63) is 70.8 Å². The minimum atomic E-state index is 1.10. The van der Waals surface area contributed by atoms with Crippen molar-refractivity contribution in [1.29, 1.82) is 0 Å². The molecule has 2 aliphatic carbocycles. The second-order valence-electron chi connectivity index (χ2n) is 6.48. The van der Waals surface area contributed by atoms with Gasteiger partial charge in [0.2, 0.25) is 0 Å². The molecule has 0 nitrogen and oxygen atoms in total. The van der Waals surface area contributed by atoms with Crippen LogP contribution in [0.5, 0.6) is 0 Å². The largest absolute Gasteiger partial charge is 0.0613 e. The number of rotatable bonds is 0. The molecule has 0 radical (unpaired) electrons. The first-order valence-corrected chi connectivity index (χ1v) is 7.81. The minimum absolute atomic E-state index is 1.10. The fourth-order valence-corrected chi connectivity index (χ4v) is 4.75. The van der Waals surface area contributed by atoms with Gasteiger partial charge in [-0.2, -0.15) is 0 Å². The van der Waals surface area contributed by atoms with Crippen LogP contribution >= 0.6 is 0 Å². The molecule has 0 heterocycles. The molecule has 0 N–H and O–H groups in total. The van der Waals surface area contributed by atoms with Gasteiger partial charge in [-0.25, -0.2) is 0 Å². The highest BCUT2D eigenvalue weighted by Gasteiger charge is 2.25. The summed E-state index contributed by atoms with van der Waals surface area (Å²) >= 11 is 0. The average molecular weight is 266 g/mol. The van der Waals surface area contributed by atoms with E-state index in [0.717, 1.165) is 6.42 Å². The summed E-state index contributed by atoms with van der Waals surface area (Å²) in [5.74, 6) is 0. The molecular weight excluding hydrogens is 252 g/mol. The van der Waals surface area contributed by atoms with Crippen LogP contribution in [-0.4, -0.2) is 0 Å². The summed E-state index contributed by atoms with van der Waals surface area (Å²) in [6, 6.07) is 18.4. The number of hydrogen-bond donors (Lipinski definition) is 0. The lowest BCUT2D eigenvalue weighted by molar-refractivity contribution is 1.03. The van der Waals surface area contributed by atoms with Gasteiger partial charge in [0.1, 0.15) is 0 Å². The van der Waals surface area contributed by atoms with E-state index in [1.807, 2.05) is 0 Å². The molecule has 0 unspecified atom stereocenters. The lowest BCUT2D eigenvalue weighted by Gasteiger charge is -2.11. The smallest absolute Gasteiger partial charge is 0.000683 e. The molecule has 0 spiro atoms. The van der Waals surface area contributed by atoms with Crippen molar-refractivity contribution >= 4 is 32.3 Å². The van der Waals surface area contributed by atoms with Crippen molar-refractivity contribution in [2.24, 2.45) is 0 Å². The van der Waals surface area contributed by atoms with Gasteiger partial charge in [-0.1, -0.05) is 48.5 Å². The van der Waals surface area contributed by atoms with Gasteiger partial charge in [-0.05, 0) is 73.8 Å². The molecule has 98 valence electrons. The zero-order valence-electron chi connectivity index (χ0n) is 11.7. The zero-order chi connectivity index (χ0) is 13.6. The van der Waals surface area contributed by atoms with Crippen LogP contribution in [0.15, 0.2) is 48.5 Å². The normalized spacial score (nSPS) is 15.0. The summed E-state index contributed by atoms with van der Waals surface area (Å²) < 4.78 is 0. The van der Waals surface area contributed by atoms with Crippen molar-refractivity contribution < 1.29 is 0 Å². The molecule has 6 rings (SSSR count). The van der Waals surface area contributed by atoms with Gasteiger partial charge in [0.25, 0.3) is 0 Å². The molecule has 0 atom stereocenters. The molecule has 4 aromatic carbocycles. The number of hydrogen-bond acceptors (Lipinski definition) is 0. The first-order valence-electron chi connectivity index (χ1n) is 7.81. The first-order chi connectivity index (χ1) is 10.4. The quantitative estimate of drug-likeness (QED) is 0.268. The third kappa shape index (κ3) is 1.07. The van der Waals surface area contributed by atoms with Gasteiger partial charge in [-0.3, -0.25) is 0 Å². The Labute approximate surface area is 123 Å². The van der Waals surface area contributed by atoms with E-state index >= 15 is 0 Å². The van der Waals surface area contributed by atoms with E-state index in [1.54, 1.807) is 27.5 Å². The Kier molecular flexibility index (Phi) is 1.62. The molecule has 0 aliphatic heterocycles. The Bertz CT molecular complexity index is 1100. The third-order valence-corrected chi connectivity index (χ3v) is 5.55. The highest BCUT2D eigenvalue weighted by atomic mass is 14.3. The van der Waals surface area contributed by atoms with Crippen LogP contribution in [0.2, 0.25) is 0 Å². The molecule has 0 heteroatoms. The second-order valence-corrected chi connectivity index (χ2v) is 6.48. The van der Waals surface area contributed by atoms with Crippen LogP contribution in [0.4, 0.5) is 0 Å². The van der Waals surface area contributed by atoms with Gasteiger partial charge >= 0.3 is 0 Å². The summed E-state index contributed by atoms with van der Waals surface area (Å²) in [5.41, 5.74) is 6.23. The van der Waals surface area contributed by atoms with E-state index in [2.05, 4.69) is 48.5 Å². The number of fused-ring (bicyclic) bond motifs is 2. The Morgan fingerprint density at radius 1 is 0.571 bits per heavy atom. The van der Waals surface area contributed by atoms with Crippen LogP contribution in [0.1, 0.15) is 22.3 Å². The Hall–Kier alpha value is -2.34. The van der Waals surface area contributed by atoms with E-state index in [9.17, 15) is 0 Å². The lowest BCUT2D eigenvalue weighted by atomic mass is 9.92. The summed E-state index contributed by atoms with van der Waals surface area (Å²) in [6.07, 6.45) is 3.53. The van der Waals surface area contributed by atoms with Crippen LogP contribution in [0, 0.1) is 0 Å². The Balaban J connectivity index is 2.01. The lowest BCUT2D eigenvalue weighted by Crippen LogP contribution is -1.88. The third-order valence-electron chi connectivity index (χ3n) is 5.55. The molecular formula is C21H14. The predicted octanol–water partition coefficient (Wildman–Crippen LogP) is 5.15. The zero-order valence-corrected chi connectivity index (χ0v) is 11.7. The number of benzene rings is 4. The standard InChI is InChI=1S/C21H14/c1-3-12-7-10-17-16-9-8-13-4-2-6-15(20(13)16)18-11-14(5-1)19(12)21(17)18/h1-7,10H,8-9,11H2. The van der Waals surface area contributed by atoms with E-state index in [1.165, 1.54) is 39.9 Å². The minimum Gasteiger partial charge on any atom is -0.0613 e. The molecule has 0 bridgehead atoms. The second kappa shape index (κ2) is 3.28. The van der Waals surface area contributed by atoms with Gasteiger partial charge in [0.05, 0.1) is 0 Å². The van der Waals surface area contributed by atoms with Crippen molar-refractivity contribution in [2.45, 2.75) is 19.3 Å². The fourth-order valence-electron chi connectivity index (χ4n) is 4.75. The van der Waals surface area contributed by atoms with Crippen molar-refractivity contribution in [2.75, 3.05) is 0 Å². The SMILES string of the molecule is c1cc2c3c(c1)ccc1c4c5c(cccc5c(c13)C2)CC4. The van der Waals surface area contributed by atoms with Gasteiger partial charge in [0, 0.05) is 0 Å². The summed E-state index contributed by atoms with van der Waals surface area (Å²) in [6.45, 7) is 0. The van der Waals surface area contributed by atoms with Crippen LogP contribution in [0.3, 0.4) is 0 Å². The molecule has 0 aromatic heterocycles. The van der Waals surface area contributed by atoms with Gasteiger partial charge in [0.15, 0.2) is 0 Å². The van der Waals surface area contributed by atoms with E-state index in [0.29, 0.717) is 0 Å². The van der Waals surface area contributed by atoms with Crippen LogP contribution in [-0.2, 0) is 19.3 Å². The molecule has 21 heavy (non-hydrogen) atoms. The molecule has 0 fully saturated rings. The summed E-state index contributed by atoms with van der Waals surface area (Å²) in [5, 5.41) is 9.05. The molecule has 0 saturated carbocycles. The maximum absolute atomic E-state index is 2.37. The molecule has 0 amide bonds. The molecule has 2 aliphatic rings. The van der Waals surface area contributed by atoms with E-state index in [-0.39, 0.29) is 0 Å². The van der Waals surface area contributed by atoms with Crippen molar-refractivity contribution in [3.8, 4) is 0 Å². The van der Waals surface area contributed by atoms with Crippen molar-refractivity contribution in [1.82, 2.24) is 0 Å². The highest BCUT2D eigenvalue weighted by Crippen LogP contribution is 2.46. The fraction of sp³-hybridized carbons (Fsp3) is 0.143. The topological polar surface area (TPSA) is 0 Å². The Morgan fingerprint density at radius 2 is 1.43 bits per heavy atom. The average Bonchev–Trinajstić information content (AvgIpc) is 3.12. The van der Waals surface area contributed by atoms with Crippen molar-refractivity contribution in [3.63, 3.8) is 0 Å². The van der Waals surface area contributed by atoms with Gasteiger partial charge in [-0.15, -0.1) is 0 Å². The van der Waals surface area contributed by atoms with Crippen LogP contribution < -0.4 is 0 Å². The Morgan fingerprint density at radius 3 is 2.43 bits per heavy atom. The first kappa shape index (κ1) is 10.4. The van der Waals surface area contributed by atoms with E-state index in [4.69, 9.17) is 0 Å². The summed E-state index contributed by atoms with van der Waals surface area (Å²) in [4.78, 5) is 0. The van der Waals surface area contributed by atoms with Gasteiger partial charge < -0.3 is 0 Å². The highest BCUT2D eigenvalue weighted by molar-refractivity contribution is 6.20. The maximum atomic E-state index is 2.37. The molecule has 0 saturated heterocycles. The van der Waals surface area contributed by atoms with Crippen LogP contribution in [0.25, 0.3) is 32.3 Å². The monoisotopic (exact) mass is 266 g/mol. The maximum Gasteiger partial charge on any atom is -0.000683 e. The number of aryl methyl sites for hydroxylation is 2. The summed E-state index contributed by atoms with van der Waals surface area (Å²) in [7, 11) is 0. The van der Waals surface area contributed by atoms with E-state index < -0.39 is 0 Å². The predicted molar refractivity (Wildman–Crippen MR) is 89.2 cm³/mol.